The minimum atomic E-state index is 0.103. The molecule has 0 bridgehead atoms. The van der Waals surface area contributed by atoms with Crippen molar-refractivity contribution in [3.63, 3.8) is 0 Å². The van der Waals surface area contributed by atoms with Gasteiger partial charge in [-0.05, 0) is 43.7 Å². The topological polar surface area (TPSA) is 46.9 Å². The van der Waals surface area contributed by atoms with E-state index in [1.807, 2.05) is 41.5 Å². The first-order valence-corrected chi connectivity index (χ1v) is 11.3. The van der Waals surface area contributed by atoms with E-state index in [1.54, 1.807) is 11.3 Å². The Morgan fingerprint density at radius 2 is 1.83 bits per heavy atom. The number of hydrogen-bond acceptors (Lipinski definition) is 4. The van der Waals surface area contributed by atoms with Crippen LogP contribution in [0.25, 0.3) is 0 Å². The highest BCUT2D eigenvalue weighted by molar-refractivity contribution is 7.09. The normalized spacial score (nSPS) is 14.7. The number of amides is 1. The number of rotatable bonds is 6. The van der Waals surface area contributed by atoms with Gasteiger partial charge in [0, 0.05) is 16.5 Å². The van der Waals surface area contributed by atoms with Crippen molar-refractivity contribution in [3.8, 4) is 5.75 Å². The molecule has 1 amide bonds. The molecule has 0 aliphatic carbocycles. The number of nitrogens with zero attached hydrogens (tertiary/aromatic N) is 2. The van der Waals surface area contributed by atoms with Crippen molar-refractivity contribution in [1.29, 1.82) is 0 Å². The van der Waals surface area contributed by atoms with Crippen LogP contribution in [0.2, 0.25) is 0 Å². The van der Waals surface area contributed by atoms with Gasteiger partial charge in [0.05, 0.1) is 36.9 Å². The number of ether oxygens (including phenoxy) is 1. The molecule has 0 unspecified atom stereocenters. The van der Waals surface area contributed by atoms with Gasteiger partial charge in [-0.25, -0.2) is 4.98 Å². The number of hydrogen-bond donors (Lipinski definition) is 1. The number of nitrogens with one attached hydrogen (secondary N) is 1. The van der Waals surface area contributed by atoms with Crippen molar-refractivity contribution in [2.24, 2.45) is 0 Å². The SMILES string of the molecule is Cc1nc(COc2ccc(C(=O)N3CC[NH+](Cc4ccccc4C)CC3)cc2)cs1. The van der Waals surface area contributed by atoms with Crippen LogP contribution in [0.1, 0.15) is 32.2 Å². The van der Waals surface area contributed by atoms with Crippen molar-refractivity contribution < 1.29 is 14.4 Å². The van der Waals surface area contributed by atoms with Crippen molar-refractivity contribution in [2.75, 3.05) is 26.2 Å². The largest absolute Gasteiger partial charge is 0.487 e. The van der Waals surface area contributed by atoms with Gasteiger partial charge in [0.2, 0.25) is 0 Å². The standard InChI is InChI=1S/C24H27N3O2S/c1-18-5-3-4-6-21(18)15-26-11-13-27(14-12-26)24(28)20-7-9-23(10-8-20)29-16-22-17-30-19(2)25-22/h3-10,17H,11-16H2,1-2H3/p+1. The summed E-state index contributed by atoms with van der Waals surface area (Å²) in [5.41, 5.74) is 4.39. The highest BCUT2D eigenvalue weighted by Crippen LogP contribution is 2.16. The molecule has 156 valence electrons. The van der Waals surface area contributed by atoms with Crippen LogP contribution in [0.5, 0.6) is 5.75 Å². The molecule has 0 spiro atoms. The fraction of sp³-hybridized carbons (Fsp3) is 0.333. The summed E-state index contributed by atoms with van der Waals surface area (Å²) in [4.78, 5) is 20.8. The molecule has 4 rings (SSSR count). The van der Waals surface area contributed by atoms with E-state index in [2.05, 4.69) is 36.2 Å². The smallest absolute Gasteiger partial charge is 0.254 e. The maximum Gasteiger partial charge on any atom is 0.254 e. The Kier molecular flexibility index (Phi) is 6.45. The van der Waals surface area contributed by atoms with Gasteiger partial charge in [-0.15, -0.1) is 11.3 Å². The Morgan fingerprint density at radius 3 is 2.50 bits per heavy atom. The summed E-state index contributed by atoms with van der Waals surface area (Å²) in [5.74, 6) is 0.858. The summed E-state index contributed by atoms with van der Waals surface area (Å²) in [6.07, 6.45) is 0. The van der Waals surface area contributed by atoms with Crippen molar-refractivity contribution in [1.82, 2.24) is 9.88 Å². The molecule has 30 heavy (non-hydrogen) atoms. The molecule has 1 saturated heterocycles. The van der Waals surface area contributed by atoms with Crippen molar-refractivity contribution in [2.45, 2.75) is 27.0 Å². The third kappa shape index (κ3) is 5.07. The van der Waals surface area contributed by atoms with Crippen molar-refractivity contribution >= 4 is 17.2 Å². The number of carbonyl (C=O) groups excluding carboxylic acids is 1. The molecule has 0 atom stereocenters. The Hall–Kier alpha value is -2.70. The fourth-order valence-corrected chi connectivity index (χ4v) is 4.39. The number of aromatic nitrogens is 1. The number of aryl methyl sites for hydroxylation is 2. The van der Waals surface area contributed by atoms with E-state index in [0.717, 1.165) is 49.2 Å². The average molecular weight is 423 g/mol. The number of carbonyl (C=O) groups is 1. The lowest BCUT2D eigenvalue weighted by Gasteiger charge is -2.32. The van der Waals surface area contributed by atoms with Gasteiger partial charge in [0.25, 0.3) is 5.91 Å². The summed E-state index contributed by atoms with van der Waals surface area (Å²) in [6.45, 7) is 9.17. The predicted octanol–water partition coefficient (Wildman–Crippen LogP) is 2.88. The third-order valence-corrected chi connectivity index (χ3v) is 6.44. The van der Waals surface area contributed by atoms with Gasteiger partial charge in [0.1, 0.15) is 18.9 Å². The number of piperazine rings is 1. The van der Waals surface area contributed by atoms with Gasteiger partial charge < -0.3 is 14.5 Å². The highest BCUT2D eigenvalue weighted by atomic mass is 32.1. The van der Waals surface area contributed by atoms with Gasteiger partial charge in [-0.3, -0.25) is 4.79 Å². The minimum absolute atomic E-state index is 0.103. The van der Waals surface area contributed by atoms with E-state index in [1.165, 1.54) is 16.0 Å². The molecule has 1 N–H and O–H groups in total. The van der Waals surface area contributed by atoms with Gasteiger partial charge in [-0.1, -0.05) is 24.3 Å². The zero-order chi connectivity index (χ0) is 20.9. The second-order valence-corrected chi connectivity index (χ2v) is 8.88. The van der Waals surface area contributed by atoms with E-state index in [-0.39, 0.29) is 5.91 Å². The number of thiazole rings is 1. The van der Waals surface area contributed by atoms with Crippen LogP contribution < -0.4 is 9.64 Å². The van der Waals surface area contributed by atoms with Crippen LogP contribution >= 0.6 is 11.3 Å². The Balaban J connectivity index is 1.28. The highest BCUT2D eigenvalue weighted by Gasteiger charge is 2.24. The van der Waals surface area contributed by atoms with E-state index < -0.39 is 0 Å². The first-order valence-electron chi connectivity index (χ1n) is 10.4. The molecule has 2 heterocycles. The quantitative estimate of drug-likeness (QED) is 0.665. The molecule has 5 nitrogen and oxygen atoms in total. The zero-order valence-electron chi connectivity index (χ0n) is 17.6. The van der Waals surface area contributed by atoms with E-state index in [9.17, 15) is 4.79 Å². The van der Waals surface area contributed by atoms with Crippen LogP contribution in [0.4, 0.5) is 0 Å². The Morgan fingerprint density at radius 1 is 1.10 bits per heavy atom. The van der Waals surface area contributed by atoms with Crippen LogP contribution in [0.15, 0.2) is 53.9 Å². The van der Waals surface area contributed by atoms with E-state index >= 15 is 0 Å². The average Bonchev–Trinajstić information content (AvgIpc) is 3.19. The maximum atomic E-state index is 12.9. The van der Waals surface area contributed by atoms with Crippen LogP contribution in [0.3, 0.4) is 0 Å². The van der Waals surface area contributed by atoms with Crippen molar-refractivity contribution in [3.05, 3.63) is 81.3 Å². The molecular weight excluding hydrogens is 394 g/mol. The summed E-state index contributed by atoms with van der Waals surface area (Å²) in [5, 5.41) is 3.05. The van der Waals surface area contributed by atoms with Crippen LogP contribution in [0, 0.1) is 13.8 Å². The summed E-state index contributed by atoms with van der Waals surface area (Å²) < 4.78 is 5.78. The molecule has 6 heteroatoms. The third-order valence-electron chi connectivity index (χ3n) is 5.61. The lowest BCUT2D eigenvalue weighted by molar-refractivity contribution is -0.917. The van der Waals surface area contributed by atoms with Gasteiger partial charge >= 0.3 is 0 Å². The Bertz CT molecular complexity index is 992. The molecule has 1 aromatic heterocycles. The molecule has 0 saturated carbocycles. The molecule has 0 radical (unpaired) electrons. The second kappa shape index (κ2) is 9.41. The van der Waals surface area contributed by atoms with Crippen LogP contribution in [-0.2, 0) is 13.2 Å². The van der Waals surface area contributed by atoms with Gasteiger partial charge in [0.15, 0.2) is 0 Å². The summed E-state index contributed by atoms with van der Waals surface area (Å²) in [6, 6.07) is 16.0. The number of quaternary nitrogens is 1. The zero-order valence-corrected chi connectivity index (χ0v) is 18.4. The molecule has 1 aliphatic heterocycles. The molecule has 1 aliphatic rings. The lowest BCUT2D eigenvalue weighted by Crippen LogP contribution is -3.13. The van der Waals surface area contributed by atoms with E-state index in [0.29, 0.717) is 12.2 Å². The number of benzene rings is 2. The first-order chi connectivity index (χ1) is 14.6. The van der Waals surface area contributed by atoms with Crippen LogP contribution in [-0.4, -0.2) is 42.0 Å². The molecule has 3 aromatic rings. The first kappa shape index (κ1) is 20.6. The second-order valence-electron chi connectivity index (χ2n) is 7.82. The minimum Gasteiger partial charge on any atom is -0.487 e. The molecular formula is C24H28N3O2S+. The monoisotopic (exact) mass is 422 g/mol. The molecule has 1 fully saturated rings. The van der Waals surface area contributed by atoms with Gasteiger partial charge in [-0.2, -0.15) is 0 Å². The molecule has 2 aromatic carbocycles. The fourth-order valence-electron chi connectivity index (χ4n) is 3.79. The maximum absolute atomic E-state index is 12.9. The summed E-state index contributed by atoms with van der Waals surface area (Å²) >= 11 is 1.62. The lowest BCUT2D eigenvalue weighted by atomic mass is 10.1. The predicted molar refractivity (Wildman–Crippen MR) is 119 cm³/mol. The van der Waals surface area contributed by atoms with E-state index in [4.69, 9.17) is 4.74 Å². The Labute approximate surface area is 181 Å². The summed E-state index contributed by atoms with van der Waals surface area (Å²) in [7, 11) is 0.